The maximum atomic E-state index is 12.7. The molecule has 1 aromatic rings. The van der Waals surface area contributed by atoms with Gasteiger partial charge in [-0.25, -0.2) is 9.69 Å². The molecule has 0 saturated carbocycles. The summed E-state index contributed by atoms with van der Waals surface area (Å²) in [5, 5.41) is 1.70. The summed E-state index contributed by atoms with van der Waals surface area (Å²) in [5.74, 6) is -0.661. The van der Waals surface area contributed by atoms with Gasteiger partial charge in [0, 0.05) is 7.05 Å². The number of ether oxygens (including phenoxy) is 1. The van der Waals surface area contributed by atoms with Crippen LogP contribution >= 0.6 is 0 Å². The highest BCUT2D eigenvalue weighted by Gasteiger charge is 2.48. The van der Waals surface area contributed by atoms with Gasteiger partial charge >= 0.3 is 6.09 Å². The minimum Gasteiger partial charge on any atom is -0.447 e. The molecule has 2 aliphatic heterocycles. The molecular weight excluding hydrogens is 272 g/mol. The predicted molar refractivity (Wildman–Crippen MR) is 74.0 cm³/mol. The second-order valence-electron chi connectivity index (χ2n) is 5.34. The van der Waals surface area contributed by atoms with E-state index < -0.39 is 12.0 Å². The van der Waals surface area contributed by atoms with Crippen molar-refractivity contribution in [2.75, 3.05) is 20.2 Å². The third kappa shape index (κ3) is 2.41. The Bertz CT molecular complexity index is 548. The highest BCUT2D eigenvalue weighted by Crippen LogP contribution is 2.39. The normalized spacial score (nSPS) is 29.7. The Kier molecular flexibility index (Phi) is 3.65. The summed E-state index contributed by atoms with van der Waals surface area (Å²) in [7, 11) is 1.81. The SMILES string of the molecule is C[C@@H]1ON(C)[C@H](c2ccccc2)[C@H]1C(=O)N1CCOC1=O. The van der Waals surface area contributed by atoms with Crippen LogP contribution in [-0.2, 0) is 14.4 Å². The van der Waals surface area contributed by atoms with Crippen LogP contribution in [0.5, 0.6) is 0 Å². The second-order valence-corrected chi connectivity index (χ2v) is 5.34. The van der Waals surface area contributed by atoms with Gasteiger partial charge in [-0.3, -0.25) is 9.63 Å². The molecule has 2 amide bonds. The average Bonchev–Trinajstić information content (AvgIpc) is 3.02. The van der Waals surface area contributed by atoms with E-state index in [1.54, 1.807) is 5.06 Å². The molecule has 3 atom stereocenters. The molecule has 0 N–H and O–H groups in total. The van der Waals surface area contributed by atoms with E-state index in [-0.39, 0.29) is 24.7 Å². The molecular formula is C15H18N2O4. The van der Waals surface area contributed by atoms with Crippen molar-refractivity contribution in [2.45, 2.75) is 19.1 Å². The van der Waals surface area contributed by atoms with Crippen LogP contribution in [0.25, 0.3) is 0 Å². The highest BCUT2D eigenvalue weighted by atomic mass is 16.7. The molecule has 2 heterocycles. The van der Waals surface area contributed by atoms with Gasteiger partial charge in [-0.05, 0) is 12.5 Å². The zero-order valence-corrected chi connectivity index (χ0v) is 12.1. The van der Waals surface area contributed by atoms with Crippen molar-refractivity contribution in [2.24, 2.45) is 5.92 Å². The lowest BCUT2D eigenvalue weighted by molar-refractivity contribution is -0.141. The van der Waals surface area contributed by atoms with Gasteiger partial charge in [0.1, 0.15) is 6.61 Å². The largest absolute Gasteiger partial charge is 0.447 e. The lowest BCUT2D eigenvalue weighted by Gasteiger charge is -2.24. The van der Waals surface area contributed by atoms with Gasteiger partial charge in [0.25, 0.3) is 0 Å². The van der Waals surface area contributed by atoms with Crippen LogP contribution in [0.4, 0.5) is 4.79 Å². The van der Waals surface area contributed by atoms with E-state index in [4.69, 9.17) is 9.57 Å². The number of nitrogens with zero attached hydrogens (tertiary/aromatic N) is 2. The minimum absolute atomic E-state index is 0.206. The third-order valence-corrected chi connectivity index (χ3v) is 4.02. The van der Waals surface area contributed by atoms with Gasteiger partial charge in [0.05, 0.1) is 24.6 Å². The van der Waals surface area contributed by atoms with E-state index in [1.165, 1.54) is 4.90 Å². The Morgan fingerprint density at radius 3 is 2.62 bits per heavy atom. The molecule has 0 radical (unpaired) electrons. The number of hydroxylamine groups is 2. The number of imide groups is 1. The lowest BCUT2D eigenvalue weighted by Crippen LogP contribution is -2.41. The van der Waals surface area contributed by atoms with Crippen LogP contribution in [0, 0.1) is 5.92 Å². The van der Waals surface area contributed by atoms with E-state index in [1.807, 2.05) is 44.3 Å². The van der Waals surface area contributed by atoms with Gasteiger partial charge in [-0.2, -0.15) is 5.06 Å². The Hall–Kier alpha value is -1.92. The first kappa shape index (κ1) is 14.0. The fourth-order valence-electron chi connectivity index (χ4n) is 3.05. The van der Waals surface area contributed by atoms with Gasteiger partial charge in [0.2, 0.25) is 5.91 Å². The van der Waals surface area contributed by atoms with Crippen LogP contribution < -0.4 is 0 Å². The van der Waals surface area contributed by atoms with E-state index in [9.17, 15) is 9.59 Å². The zero-order chi connectivity index (χ0) is 15.0. The summed E-state index contributed by atoms with van der Waals surface area (Å²) in [6.45, 7) is 2.42. The van der Waals surface area contributed by atoms with Crippen molar-refractivity contribution in [3.63, 3.8) is 0 Å². The predicted octanol–water partition coefficient (Wildman–Crippen LogP) is 1.59. The highest BCUT2D eigenvalue weighted by molar-refractivity contribution is 5.95. The number of benzene rings is 1. The summed E-state index contributed by atoms with van der Waals surface area (Å²) in [5.41, 5.74) is 0.996. The molecule has 2 fully saturated rings. The van der Waals surface area contributed by atoms with Crippen LogP contribution in [0.2, 0.25) is 0 Å². The van der Waals surface area contributed by atoms with E-state index >= 15 is 0 Å². The Balaban J connectivity index is 1.90. The smallest absolute Gasteiger partial charge is 0.416 e. The molecule has 0 aromatic heterocycles. The van der Waals surface area contributed by atoms with Crippen LogP contribution in [-0.4, -0.2) is 48.3 Å². The number of cyclic esters (lactones) is 1. The van der Waals surface area contributed by atoms with Crippen LogP contribution in [0.15, 0.2) is 30.3 Å². The van der Waals surface area contributed by atoms with E-state index in [2.05, 4.69) is 0 Å². The number of amides is 2. The summed E-state index contributed by atoms with van der Waals surface area (Å²) >= 11 is 0. The Morgan fingerprint density at radius 1 is 1.29 bits per heavy atom. The van der Waals surface area contributed by atoms with Crippen LogP contribution in [0.1, 0.15) is 18.5 Å². The molecule has 2 saturated heterocycles. The fourth-order valence-corrected chi connectivity index (χ4v) is 3.05. The van der Waals surface area contributed by atoms with Crippen molar-refractivity contribution in [3.8, 4) is 0 Å². The summed E-state index contributed by atoms with van der Waals surface area (Å²) in [6, 6.07) is 9.51. The lowest BCUT2D eigenvalue weighted by atomic mass is 9.89. The maximum absolute atomic E-state index is 12.7. The molecule has 3 rings (SSSR count). The number of hydrogen-bond donors (Lipinski definition) is 0. The van der Waals surface area contributed by atoms with Crippen molar-refractivity contribution in [1.29, 1.82) is 0 Å². The number of hydrogen-bond acceptors (Lipinski definition) is 5. The molecule has 1 aromatic carbocycles. The summed E-state index contributed by atoms with van der Waals surface area (Å²) in [6.07, 6.45) is -0.852. The van der Waals surface area contributed by atoms with Crippen molar-refractivity contribution < 1.29 is 19.2 Å². The Labute approximate surface area is 123 Å². The van der Waals surface area contributed by atoms with Crippen LogP contribution in [0.3, 0.4) is 0 Å². The van der Waals surface area contributed by atoms with Gasteiger partial charge in [-0.15, -0.1) is 0 Å². The van der Waals surface area contributed by atoms with E-state index in [0.717, 1.165) is 5.56 Å². The molecule has 112 valence electrons. The first-order valence-electron chi connectivity index (χ1n) is 7.02. The first-order chi connectivity index (χ1) is 10.1. The fraction of sp³-hybridized carbons (Fsp3) is 0.467. The zero-order valence-electron chi connectivity index (χ0n) is 12.1. The Morgan fingerprint density at radius 2 is 2.00 bits per heavy atom. The average molecular weight is 290 g/mol. The first-order valence-corrected chi connectivity index (χ1v) is 7.02. The minimum atomic E-state index is -0.562. The second kappa shape index (κ2) is 5.46. The topological polar surface area (TPSA) is 59.1 Å². The molecule has 0 bridgehead atoms. The molecule has 0 spiro atoms. The van der Waals surface area contributed by atoms with Gasteiger partial charge in [0.15, 0.2) is 0 Å². The molecule has 0 unspecified atom stereocenters. The third-order valence-electron chi connectivity index (χ3n) is 4.02. The van der Waals surface area contributed by atoms with Gasteiger partial charge < -0.3 is 4.74 Å². The van der Waals surface area contributed by atoms with Crippen molar-refractivity contribution >= 4 is 12.0 Å². The molecule has 2 aliphatic rings. The number of carbonyl (C=O) groups excluding carboxylic acids is 2. The standard InChI is InChI=1S/C15H18N2O4/c1-10-12(14(18)17-8-9-20-15(17)19)13(16(2)21-10)11-6-4-3-5-7-11/h3-7,10,12-13H,8-9H2,1-2H3/t10-,12-,13+/m0/s1. The summed E-state index contributed by atoms with van der Waals surface area (Å²) in [4.78, 5) is 31.2. The van der Waals surface area contributed by atoms with Gasteiger partial charge in [-0.1, -0.05) is 30.3 Å². The van der Waals surface area contributed by atoms with Crippen molar-refractivity contribution in [3.05, 3.63) is 35.9 Å². The molecule has 0 aliphatic carbocycles. The summed E-state index contributed by atoms with van der Waals surface area (Å²) < 4.78 is 4.86. The maximum Gasteiger partial charge on any atom is 0.416 e. The monoisotopic (exact) mass is 290 g/mol. The molecule has 6 heteroatoms. The number of rotatable bonds is 2. The number of carbonyl (C=O) groups is 2. The quantitative estimate of drug-likeness (QED) is 0.828. The molecule has 6 nitrogen and oxygen atoms in total. The molecule has 21 heavy (non-hydrogen) atoms. The van der Waals surface area contributed by atoms with Crippen molar-refractivity contribution in [1.82, 2.24) is 9.96 Å². The van der Waals surface area contributed by atoms with E-state index in [0.29, 0.717) is 6.54 Å².